The van der Waals surface area contributed by atoms with Crippen LogP contribution in [0, 0.1) is 0 Å². The number of benzene rings is 2. The summed E-state index contributed by atoms with van der Waals surface area (Å²) in [6, 6.07) is 11.5. The second-order valence-corrected chi connectivity index (χ2v) is 10.6. The highest BCUT2D eigenvalue weighted by Crippen LogP contribution is 2.28. The molecule has 3 N–H and O–H groups in total. The van der Waals surface area contributed by atoms with Crippen molar-refractivity contribution >= 4 is 33.3 Å². The smallest absolute Gasteiger partial charge is 0.478 e. The number of hydrogen-bond donors (Lipinski definition) is 3. The van der Waals surface area contributed by atoms with Crippen LogP contribution in [0.2, 0.25) is 0 Å². The van der Waals surface area contributed by atoms with Gasteiger partial charge in [-0.25, -0.2) is 18.0 Å². The molecule has 12 heteroatoms. The van der Waals surface area contributed by atoms with Crippen molar-refractivity contribution in [1.82, 2.24) is 0 Å². The van der Waals surface area contributed by atoms with Crippen LogP contribution in [0.15, 0.2) is 47.4 Å². The zero-order valence-corrected chi connectivity index (χ0v) is 21.4. The van der Waals surface area contributed by atoms with Crippen molar-refractivity contribution in [1.29, 1.82) is 0 Å². The Morgan fingerprint density at radius 3 is 1.89 bits per heavy atom. The SMILES string of the molecule is CC(C)c1ccc(S(=O)(=O)Nc2ccc(N3CCCCCCC3)c(C(=O)O)c2)cc1.O=C(O)C(F)(F)F. The third-order valence-corrected chi connectivity index (χ3v) is 7.17. The number of aromatic carboxylic acids is 1. The number of anilines is 2. The van der Waals surface area contributed by atoms with Gasteiger partial charge in [0.05, 0.1) is 16.1 Å². The summed E-state index contributed by atoms with van der Waals surface area (Å²) in [6.45, 7) is 5.71. The van der Waals surface area contributed by atoms with E-state index in [-0.39, 0.29) is 16.1 Å². The molecule has 2 aromatic rings. The average molecular weight is 545 g/mol. The summed E-state index contributed by atoms with van der Waals surface area (Å²) in [6.07, 6.45) is 0.483. The normalized spacial score (nSPS) is 14.7. The van der Waals surface area contributed by atoms with E-state index in [1.54, 1.807) is 36.4 Å². The zero-order valence-electron chi connectivity index (χ0n) is 20.6. The van der Waals surface area contributed by atoms with Gasteiger partial charge >= 0.3 is 18.1 Å². The van der Waals surface area contributed by atoms with E-state index in [0.29, 0.717) is 11.6 Å². The van der Waals surface area contributed by atoms with Crippen LogP contribution < -0.4 is 9.62 Å². The van der Waals surface area contributed by atoms with Gasteiger partial charge in [-0.05, 0) is 54.7 Å². The molecule has 1 aliphatic rings. The lowest BCUT2D eigenvalue weighted by Gasteiger charge is -2.28. The molecule has 1 aliphatic heterocycles. The van der Waals surface area contributed by atoms with Gasteiger partial charge < -0.3 is 15.1 Å². The lowest BCUT2D eigenvalue weighted by atomic mass is 10.0. The van der Waals surface area contributed by atoms with Gasteiger partial charge in [0.15, 0.2) is 0 Å². The van der Waals surface area contributed by atoms with Crippen LogP contribution in [0.4, 0.5) is 24.5 Å². The van der Waals surface area contributed by atoms with Crippen LogP contribution in [0.25, 0.3) is 0 Å². The molecule has 204 valence electrons. The van der Waals surface area contributed by atoms with Crippen molar-refractivity contribution in [2.24, 2.45) is 0 Å². The summed E-state index contributed by atoms with van der Waals surface area (Å²) in [7, 11) is -3.80. The molecule has 8 nitrogen and oxygen atoms in total. The number of nitrogens with zero attached hydrogens (tertiary/aromatic N) is 1. The number of rotatable bonds is 6. The summed E-state index contributed by atoms with van der Waals surface area (Å²) in [4.78, 5) is 23.1. The molecule has 1 fully saturated rings. The number of halogens is 3. The maximum atomic E-state index is 12.8. The summed E-state index contributed by atoms with van der Waals surface area (Å²) in [5.41, 5.74) is 2.07. The van der Waals surface area contributed by atoms with E-state index in [9.17, 15) is 31.5 Å². The molecule has 3 rings (SSSR count). The van der Waals surface area contributed by atoms with E-state index in [2.05, 4.69) is 9.62 Å². The Balaban J connectivity index is 0.000000604. The average Bonchev–Trinajstić information content (AvgIpc) is 2.79. The van der Waals surface area contributed by atoms with Crippen LogP contribution in [0.3, 0.4) is 0 Å². The van der Waals surface area contributed by atoms with E-state index in [4.69, 9.17) is 9.90 Å². The van der Waals surface area contributed by atoms with Crippen molar-refractivity contribution in [3.8, 4) is 0 Å². The zero-order chi connectivity index (χ0) is 27.8. The molecular weight excluding hydrogens is 513 g/mol. The first-order valence-electron chi connectivity index (χ1n) is 11.8. The Morgan fingerprint density at radius 1 is 0.919 bits per heavy atom. The fourth-order valence-corrected chi connectivity index (χ4v) is 4.83. The van der Waals surface area contributed by atoms with Gasteiger partial charge in [-0.15, -0.1) is 0 Å². The molecule has 0 saturated carbocycles. The van der Waals surface area contributed by atoms with Crippen molar-refractivity contribution in [3.63, 3.8) is 0 Å². The highest BCUT2D eigenvalue weighted by Gasteiger charge is 2.38. The third-order valence-electron chi connectivity index (χ3n) is 5.78. The lowest BCUT2D eigenvalue weighted by Crippen LogP contribution is -2.28. The van der Waals surface area contributed by atoms with Crippen molar-refractivity contribution < 1.29 is 41.4 Å². The van der Waals surface area contributed by atoms with Crippen molar-refractivity contribution in [2.75, 3.05) is 22.7 Å². The number of carbonyl (C=O) groups is 2. The second-order valence-electron chi connectivity index (χ2n) is 8.92. The lowest BCUT2D eigenvalue weighted by molar-refractivity contribution is -0.192. The number of alkyl halides is 3. The minimum Gasteiger partial charge on any atom is -0.478 e. The van der Waals surface area contributed by atoms with Crippen LogP contribution >= 0.6 is 0 Å². The van der Waals surface area contributed by atoms with Gasteiger partial charge in [-0.3, -0.25) is 4.72 Å². The molecule has 37 heavy (non-hydrogen) atoms. The van der Waals surface area contributed by atoms with E-state index in [1.807, 2.05) is 13.8 Å². The number of nitrogens with one attached hydrogen (secondary N) is 1. The maximum absolute atomic E-state index is 12.8. The molecule has 0 spiro atoms. The van der Waals surface area contributed by atoms with E-state index in [0.717, 1.165) is 44.3 Å². The minimum atomic E-state index is -5.08. The van der Waals surface area contributed by atoms with Gasteiger partial charge in [-0.2, -0.15) is 13.2 Å². The molecule has 0 amide bonds. The molecule has 0 radical (unpaired) electrons. The predicted molar refractivity (Wildman–Crippen MR) is 134 cm³/mol. The molecule has 0 aromatic heterocycles. The molecule has 1 heterocycles. The minimum absolute atomic E-state index is 0.117. The number of carboxylic acid groups (broad SMARTS) is 2. The first-order valence-corrected chi connectivity index (χ1v) is 13.3. The largest absolute Gasteiger partial charge is 0.490 e. The van der Waals surface area contributed by atoms with Crippen LogP contribution in [0.1, 0.15) is 67.8 Å². The number of sulfonamides is 1. The Morgan fingerprint density at radius 2 is 1.43 bits per heavy atom. The second kappa shape index (κ2) is 12.8. The quantitative estimate of drug-likeness (QED) is 0.425. The first-order chi connectivity index (χ1) is 17.2. The van der Waals surface area contributed by atoms with E-state index < -0.39 is 28.1 Å². The summed E-state index contributed by atoms with van der Waals surface area (Å²) >= 11 is 0. The Labute approximate surface area is 214 Å². The fraction of sp³-hybridized carbons (Fsp3) is 0.440. The first kappa shape index (κ1) is 29.9. The maximum Gasteiger partial charge on any atom is 0.490 e. The molecule has 2 aromatic carbocycles. The highest BCUT2D eigenvalue weighted by atomic mass is 32.2. The van der Waals surface area contributed by atoms with Gasteiger partial charge in [-0.1, -0.05) is 45.2 Å². The van der Waals surface area contributed by atoms with Crippen LogP contribution in [-0.4, -0.2) is 49.8 Å². The van der Waals surface area contributed by atoms with Gasteiger partial charge in [0, 0.05) is 18.8 Å². The van der Waals surface area contributed by atoms with Crippen LogP contribution in [-0.2, 0) is 14.8 Å². The van der Waals surface area contributed by atoms with Crippen LogP contribution in [0.5, 0.6) is 0 Å². The fourth-order valence-electron chi connectivity index (χ4n) is 3.78. The predicted octanol–water partition coefficient (Wildman–Crippen LogP) is 5.71. The molecule has 1 saturated heterocycles. The summed E-state index contributed by atoms with van der Waals surface area (Å²) in [5.74, 6) is -3.51. The highest BCUT2D eigenvalue weighted by molar-refractivity contribution is 7.92. The van der Waals surface area contributed by atoms with Gasteiger partial charge in [0.1, 0.15) is 0 Å². The van der Waals surface area contributed by atoms with Crippen molar-refractivity contribution in [2.45, 2.75) is 62.9 Å². The van der Waals surface area contributed by atoms with E-state index >= 15 is 0 Å². The molecule has 0 atom stereocenters. The number of carboxylic acids is 2. The third kappa shape index (κ3) is 8.96. The van der Waals surface area contributed by atoms with Gasteiger partial charge in [0.25, 0.3) is 10.0 Å². The van der Waals surface area contributed by atoms with E-state index in [1.165, 1.54) is 12.5 Å². The summed E-state index contributed by atoms with van der Waals surface area (Å²) < 4.78 is 59.8. The Bertz CT molecular complexity index is 1170. The molecule has 0 aliphatic carbocycles. The topological polar surface area (TPSA) is 124 Å². The van der Waals surface area contributed by atoms with Crippen molar-refractivity contribution in [3.05, 3.63) is 53.6 Å². The Kier molecular flexibility index (Phi) is 10.4. The summed E-state index contributed by atoms with van der Waals surface area (Å²) in [5, 5.41) is 16.9. The molecular formula is C25H31F3N2O6S. The molecule has 0 bridgehead atoms. The number of hydrogen-bond acceptors (Lipinski definition) is 5. The Hall–Kier alpha value is -3.28. The molecule has 0 unspecified atom stereocenters. The van der Waals surface area contributed by atoms with Gasteiger partial charge in [0.2, 0.25) is 0 Å². The standard InChI is InChI=1S/C23H30N2O4S.C2HF3O2/c1-17(2)18-8-11-20(12-9-18)30(28,29)24-19-10-13-22(21(16-19)23(26)27)25-14-6-4-3-5-7-15-25;3-2(4,5)1(6)7/h8-13,16-17,24H,3-7,14-15H2,1-2H3,(H,26,27);(H,6,7). The number of aliphatic carboxylic acids is 1. The monoisotopic (exact) mass is 544 g/mol.